The van der Waals surface area contributed by atoms with E-state index in [1.807, 2.05) is 6.07 Å². The Kier molecular flexibility index (Phi) is 8.66. The molecule has 0 aliphatic heterocycles. The minimum absolute atomic E-state index is 0.0543. The van der Waals surface area contributed by atoms with Gasteiger partial charge in [-0.05, 0) is 103 Å². The molecule has 0 saturated heterocycles. The average molecular weight is 726 g/mol. The molecule has 274 valence electrons. The summed E-state index contributed by atoms with van der Waals surface area (Å²) in [5, 5.41) is 4.74. The summed E-state index contributed by atoms with van der Waals surface area (Å²) in [7, 11) is 0. The van der Waals surface area contributed by atoms with Crippen molar-refractivity contribution >= 4 is 49.8 Å². The van der Waals surface area contributed by atoms with Gasteiger partial charge in [-0.2, -0.15) is 0 Å². The minimum atomic E-state index is -0.0543. The molecule has 0 spiro atoms. The first-order valence-corrected chi connectivity index (χ1v) is 19.7. The summed E-state index contributed by atoms with van der Waals surface area (Å²) in [5.41, 5.74) is 14.8. The highest BCUT2D eigenvalue weighted by Gasteiger charge is 2.26. The van der Waals surface area contributed by atoms with Crippen LogP contribution in [0, 0.1) is 0 Å². The van der Waals surface area contributed by atoms with Crippen LogP contribution < -0.4 is 4.90 Å². The lowest BCUT2D eigenvalue weighted by Gasteiger charge is -2.32. The van der Waals surface area contributed by atoms with E-state index in [1.165, 1.54) is 44.2 Å². The van der Waals surface area contributed by atoms with Gasteiger partial charge in [0.1, 0.15) is 11.2 Å². The van der Waals surface area contributed by atoms with Crippen LogP contribution in [0.3, 0.4) is 0 Å². The second-order valence-corrected chi connectivity index (χ2v) is 17.0. The van der Waals surface area contributed by atoms with Gasteiger partial charge in [-0.3, -0.25) is 0 Å². The van der Waals surface area contributed by atoms with E-state index in [2.05, 4.69) is 216 Å². The van der Waals surface area contributed by atoms with Crippen molar-refractivity contribution in [3.8, 4) is 33.4 Å². The maximum absolute atomic E-state index is 6.35. The van der Waals surface area contributed by atoms with Crippen molar-refractivity contribution in [2.24, 2.45) is 0 Å². The van der Waals surface area contributed by atoms with E-state index >= 15 is 0 Å². The summed E-state index contributed by atoms with van der Waals surface area (Å²) >= 11 is 0. The summed E-state index contributed by atoms with van der Waals surface area (Å²) < 4.78 is 6.35. The SMILES string of the molecule is CC(C)(C)c1cc(N(c2cccc(-c3cccc4oc5ccccc5c34)c2)c2ccccc2-c2cccc3cccc(-c4ccccc4)c23)cc(C(C)(C)C)c1. The van der Waals surface area contributed by atoms with Gasteiger partial charge in [0.2, 0.25) is 0 Å². The number of nitrogens with zero attached hydrogens (tertiary/aromatic N) is 1. The molecule has 0 radical (unpaired) electrons. The molecule has 0 N–H and O–H groups in total. The summed E-state index contributed by atoms with van der Waals surface area (Å²) in [4.78, 5) is 2.49. The highest BCUT2D eigenvalue weighted by atomic mass is 16.3. The molecule has 0 aliphatic carbocycles. The van der Waals surface area contributed by atoms with Crippen LogP contribution in [-0.4, -0.2) is 0 Å². The summed E-state index contributed by atoms with van der Waals surface area (Å²) in [5.74, 6) is 0. The molecule has 8 aromatic carbocycles. The first-order chi connectivity index (χ1) is 27.0. The molecule has 0 amide bonds. The van der Waals surface area contributed by atoms with Crippen LogP contribution in [0.15, 0.2) is 180 Å². The van der Waals surface area contributed by atoms with Gasteiger partial charge in [-0.1, -0.05) is 175 Å². The second-order valence-electron chi connectivity index (χ2n) is 17.0. The quantitative estimate of drug-likeness (QED) is 0.170. The lowest BCUT2D eigenvalue weighted by molar-refractivity contribution is 0.569. The molecule has 0 bridgehead atoms. The van der Waals surface area contributed by atoms with Crippen LogP contribution in [-0.2, 0) is 10.8 Å². The van der Waals surface area contributed by atoms with Gasteiger partial charge in [-0.25, -0.2) is 0 Å². The third-order valence-electron chi connectivity index (χ3n) is 11.2. The first kappa shape index (κ1) is 35.3. The van der Waals surface area contributed by atoms with E-state index in [-0.39, 0.29) is 10.8 Å². The van der Waals surface area contributed by atoms with Crippen LogP contribution in [0.4, 0.5) is 17.1 Å². The van der Waals surface area contributed by atoms with Crippen molar-refractivity contribution in [3.05, 3.63) is 187 Å². The van der Waals surface area contributed by atoms with E-state index in [4.69, 9.17) is 4.42 Å². The minimum Gasteiger partial charge on any atom is -0.456 e. The number of benzene rings is 8. The van der Waals surface area contributed by atoms with Gasteiger partial charge in [0.25, 0.3) is 0 Å². The second kappa shape index (κ2) is 13.7. The smallest absolute Gasteiger partial charge is 0.136 e. The molecule has 9 aromatic rings. The number of anilines is 3. The average Bonchev–Trinajstić information content (AvgIpc) is 3.60. The van der Waals surface area contributed by atoms with Crippen LogP contribution >= 0.6 is 0 Å². The predicted octanol–water partition coefficient (Wildman–Crippen LogP) is 15.8. The third kappa shape index (κ3) is 6.35. The number of hydrogen-bond donors (Lipinski definition) is 0. The Hall–Kier alpha value is -6.38. The van der Waals surface area contributed by atoms with E-state index < -0.39 is 0 Å². The zero-order valence-corrected chi connectivity index (χ0v) is 33.1. The van der Waals surface area contributed by atoms with Crippen molar-refractivity contribution in [2.75, 3.05) is 4.90 Å². The van der Waals surface area contributed by atoms with E-state index in [9.17, 15) is 0 Å². The molecular formula is C54H47NO. The predicted molar refractivity (Wildman–Crippen MR) is 240 cm³/mol. The molecule has 0 saturated carbocycles. The molecule has 1 heterocycles. The Morgan fingerprint density at radius 1 is 0.393 bits per heavy atom. The Bertz CT molecular complexity index is 2840. The van der Waals surface area contributed by atoms with E-state index in [1.54, 1.807) is 0 Å². The van der Waals surface area contributed by atoms with Crippen molar-refractivity contribution in [3.63, 3.8) is 0 Å². The monoisotopic (exact) mass is 725 g/mol. The van der Waals surface area contributed by atoms with Gasteiger partial charge < -0.3 is 9.32 Å². The molecule has 1 aromatic heterocycles. The van der Waals surface area contributed by atoms with Gasteiger partial charge in [0, 0.05) is 27.7 Å². The standard InChI is InChI=1S/C54H47NO/c1-53(2,3)39-33-40(54(4,5)6)35-42(34-39)55(41-23-14-22-38(32-41)44-27-17-31-50-52(44)47-25-11-13-30-49(47)56-50)48-29-12-10-24-45(48)46-28-16-21-37-20-15-26-43(51(37)46)36-18-8-7-9-19-36/h7-35H,1-6H3. The van der Waals surface area contributed by atoms with Gasteiger partial charge in [-0.15, -0.1) is 0 Å². The van der Waals surface area contributed by atoms with E-state index in [0.29, 0.717) is 0 Å². The molecule has 0 fully saturated rings. The van der Waals surface area contributed by atoms with Crippen molar-refractivity contribution in [1.29, 1.82) is 0 Å². The molecular weight excluding hydrogens is 679 g/mol. The topological polar surface area (TPSA) is 16.4 Å². The van der Waals surface area contributed by atoms with Crippen molar-refractivity contribution in [1.82, 2.24) is 0 Å². The molecule has 2 nitrogen and oxygen atoms in total. The largest absolute Gasteiger partial charge is 0.456 e. The van der Waals surface area contributed by atoms with Crippen LogP contribution in [0.2, 0.25) is 0 Å². The molecule has 0 aliphatic rings. The van der Waals surface area contributed by atoms with Crippen molar-refractivity contribution < 1.29 is 4.42 Å². The van der Waals surface area contributed by atoms with Gasteiger partial charge in [0.15, 0.2) is 0 Å². The Labute approximate surface area is 330 Å². The fraction of sp³-hybridized carbons (Fsp3) is 0.148. The molecule has 0 atom stereocenters. The normalized spacial score (nSPS) is 12.1. The zero-order chi connectivity index (χ0) is 38.6. The fourth-order valence-electron chi connectivity index (χ4n) is 8.18. The lowest BCUT2D eigenvalue weighted by Crippen LogP contribution is -2.19. The maximum atomic E-state index is 6.35. The Morgan fingerprint density at radius 2 is 0.946 bits per heavy atom. The van der Waals surface area contributed by atoms with Gasteiger partial charge >= 0.3 is 0 Å². The van der Waals surface area contributed by atoms with E-state index in [0.717, 1.165) is 50.1 Å². The summed E-state index contributed by atoms with van der Waals surface area (Å²) in [6.45, 7) is 13.9. The Balaban J connectivity index is 1.33. The zero-order valence-electron chi connectivity index (χ0n) is 33.1. The summed E-state index contributed by atoms with van der Waals surface area (Å²) in [6, 6.07) is 64.1. The number of fused-ring (bicyclic) bond motifs is 4. The van der Waals surface area contributed by atoms with Gasteiger partial charge in [0.05, 0.1) is 5.69 Å². The van der Waals surface area contributed by atoms with Crippen LogP contribution in [0.5, 0.6) is 0 Å². The highest BCUT2D eigenvalue weighted by Crippen LogP contribution is 2.47. The van der Waals surface area contributed by atoms with Crippen LogP contribution in [0.1, 0.15) is 52.7 Å². The number of furan rings is 1. The Morgan fingerprint density at radius 3 is 1.68 bits per heavy atom. The molecule has 9 rings (SSSR count). The maximum Gasteiger partial charge on any atom is 0.136 e. The van der Waals surface area contributed by atoms with Crippen LogP contribution in [0.25, 0.3) is 66.1 Å². The highest BCUT2D eigenvalue weighted by molar-refractivity contribution is 6.13. The molecule has 0 unspecified atom stereocenters. The summed E-state index contributed by atoms with van der Waals surface area (Å²) in [6.07, 6.45) is 0. The third-order valence-corrected chi connectivity index (χ3v) is 11.2. The molecule has 2 heteroatoms. The number of para-hydroxylation sites is 2. The lowest BCUT2D eigenvalue weighted by atomic mass is 9.80. The fourth-order valence-corrected chi connectivity index (χ4v) is 8.18. The molecule has 56 heavy (non-hydrogen) atoms. The number of hydrogen-bond acceptors (Lipinski definition) is 2. The van der Waals surface area contributed by atoms with Crippen molar-refractivity contribution in [2.45, 2.75) is 52.4 Å². The first-order valence-electron chi connectivity index (χ1n) is 19.7. The number of rotatable bonds is 6.